The molecule has 0 unspecified atom stereocenters. The summed E-state index contributed by atoms with van der Waals surface area (Å²) in [6, 6.07) is 0. The Bertz CT molecular complexity index is 319. The van der Waals surface area contributed by atoms with Crippen LogP contribution in [0.1, 0.15) is 0 Å². The standard InChI is InChI=1S/C4H8O6S2.2Li/c5-11(6,7)3-1-2-4-12(8,9)10;;/h1-2H,3-4H2,(H,5,6,7)(H,8,9,10);;/q;2*+1/p-2. The van der Waals surface area contributed by atoms with E-state index in [0.29, 0.717) is 0 Å². The number of hydrogen-bond donors (Lipinski definition) is 0. The van der Waals surface area contributed by atoms with Gasteiger partial charge in [-0.05, 0) is 0 Å². The van der Waals surface area contributed by atoms with Crippen LogP contribution in [-0.4, -0.2) is 37.4 Å². The molecule has 0 aliphatic heterocycles. The summed E-state index contributed by atoms with van der Waals surface area (Å²) in [5, 5.41) is 0. The van der Waals surface area contributed by atoms with Gasteiger partial charge in [-0.1, -0.05) is 12.2 Å². The van der Waals surface area contributed by atoms with Crippen LogP contribution >= 0.6 is 0 Å². The van der Waals surface area contributed by atoms with E-state index in [9.17, 15) is 25.9 Å². The molecule has 0 saturated heterocycles. The summed E-state index contributed by atoms with van der Waals surface area (Å²) in [5.41, 5.74) is 0. The van der Waals surface area contributed by atoms with Crippen LogP contribution in [0, 0.1) is 0 Å². The molecule has 0 aromatic rings. The van der Waals surface area contributed by atoms with E-state index in [-0.39, 0.29) is 37.7 Å². The zero-order valence-electron chi connectivity index (χ0n) is 7.83. The molecule has 0 rings (SSSR count). The monoisotopic (exact) mass is 228 g/mol. The fourth-order valence-corrected chi connectivity index (χ4v) is 1.12. The van der Waals surface area contributed by atoms with Crippen LogP contribution in [0.2, 0.25) is 0 Å². The van der Waals surface area contributed by atoms with Gasteiger partial charge in [0.05, 0.1) is 31.7 Å². The van der Waals surface area contributed by atoms with E-state index < -0.39 is 31.7 Å². The molecule has 10 heteroatoms. The van der Waals surface area contributed by atoms with Crippen LogP contribution < -0.4 is 37.7 Å². The molecule has 0 spiro atoms. The second kappa shape index (κ2) is 7.97. The number of hydrogen-bond acceptors (Lipinski definition) is 6. The molecule has 14 heavy (non-hydrogen) atoms. The first-order chi connectivity index (χ1) is 5.21. The van der Waals surface area contributed by atoms with Crippen LogP contribution in [-0.2, 0) is 20.2 Å². The summed E-state index contributed by atoms with van der Waals surface area (Å²) < 4.78 is 59.5. The first-order valence-electron chi connectivity index (χ1n) is 2.73. The fraction of sp³-hybridized carbons (Fsp3) is 0.500. The van der Waals surface area contributed by atoms with Crippen molar-refractivity contribution < 1.29 is 63.7 Å². The quantitative estimate of drug-likeness (QED) is 0.268. The van der Waals surface area contributed by atoms with Crippen LogP contribution in [0.4, 0.5) is 0 Å². The Morgan fingerprint density at radius 3 is 1.14 bits per heavy atom. The average molecular weight is 228 g/mol. The Morgan fingerprint density at radius 2 is 1.00 bits per heavy atom. The maximum atomic E-state index is 9.92. The zero-order valence-corrected chi connectivity index (χ0v) is 9.47. The van der Waals surface area contributed by atoms with Gasteiger partial charge in [0.1, 0.15) is 0 Å². The van der Waals surface area contributed by atoms with Gasteiger partial charge in [0.25, 0.3) is 0 Å². The Labute approximate surface area is 107 Å². The molecule has 0 amide bonds. The van der Waals surface area contributed by atoms with Gasteiger partial charge in [0.15, 0.2) is 0 Å². The second-order valence-corrected chi connectivity index (χ2v) is 4.82. The first kappa shape index (κ1) is 20.2. The Kier molecular flexibility index (Phi) is 11.5. The van der Waals surface area contributed by atoms with E-state index in [1.165, 1.54) is 0 Å². The Hall–Kier alpha value is 0.755. The predicted octanol–water partition coefficient (Wildman–Crippen LogP) is -7.36. The molecule has 0 saturated carbocycles. The number of rotatable bonds is 4. The minimum absolute atomic E-state index is 0. The topological polar surface area (TPSA) is 114 Å². The molecule has 0 aromatic heterocycles. The van der Waals surface area contributed by atoms with Crippen LogP contribution in [0.15, 0.2) is 12.2 Å². The smallest absolute Gasteiger partial charge is 0.748 e. The molecule has 0 heterocycles. The van der Waals surface area contributed by atoms with E-state index in [2.05, 4.69) is 0 Å². The Balaban J connectivity index is -0.000000605. The van der Waals surface area contributed by atoms with Gasteiger partial charge in [0, 0.05) is 0 Å². The van der Waals surface area contributed by atoms with Crippen molar-refractivity contribution >= 4 is 20.2 Å². The maximum Gasteiger partial charge on any atom is 1.00 e. The van der Waals surface area contributed by atoms with Crippen molar-refractivity contribution in [3.63, 3.8) is 0 Å². The first-order valence-corrected chi connectivity index (χ1v) is 5.88. The fourth-order valence-electron chi connectivity index (χ4n) is 0.372. The van der Waals surface area contributed by atoms with E-state index in [1.54, 1.807) is 0 Å². The van der Waals surface area contributed by atoms with Crippen molar-refractivity contribution in [1.82, 2.24) is 0 Å². The van der Waals surface area contributed by atoms with E-state index >= 15 is 0 Å². The van der Waals surface area contributed by atoms with Crippen LogP contribution in [0.3, 0.4) is 0 Å². The van der Waals surface area contributed by atoms with E-state index in [4.69, 9.17) is 0 Å². The minimum Gasteiger partial charge on any atom is -0.748 e. The summed E-state index contributed by atoms with van der Waals surface area (Å²) in [4.78, 5) is 0. The average Bonchev–Trinajstić information content (AvgIpc) is 1.76. The van der Waals surface area contributed by atoms with Crippen molar-refractivity contribution in [3.05, 3.63) is 12.2 Å². The van der Waals surface area contributed by atoms with E-state index in [1.807, 2.05) is 0 Å². The third kappa shape index (κ3) is 18.5. The van der Waals surface area contributed by atoms with Crippen molar-refractivity contribution in [2.45, 2.75) is 0 Å². The molecule has 0 fully saturated rings. The van der Waals surface area contributed by atoms with Gasteiger partial charge < -0.3 is 9.11 Å². The molecule has 0 radical (unpaired) electrons. The summed E-state index contributed by atoms with van der Waals surface area (Å²) in [6.45, 7) is 0. The molecule has 72 valence electrons. The van der Waals surface area contributed by atoms with Crippen molar-refractivity contribution in [2.75, 3.05) is 11.5 Å². The molecule has 6 nitrogen and oxygen atoms in total. The zero-order chi connectivity index (χ0) is 9.83. The SMILES string of the molecule is O=S(=O)([O-])CC=CCS(=O)(=O)[O-].[Li+].[Li+]. The van der Waals surface area contributed by atoms with Gasteiger partial charge in [-0.15, -0.1) is 0 Å². The maximum absolute atomic E-state index is 9.92. The molecule has 0 atom stereocenters. The summed E-state index contributed by atoms with van der Waals surface area (Å²) in [5.74, 6) is -1.61. The Morgan fingerprint density at radius 1 is 0.786 bits per heavy atom. The van der Waals surface area contributed by atoms with Crippen LogP contribution in [0.25, 0.3) is 0 Å². The largest absolute Gasteiger partial charge is 1.00 e. The molecule has 0 aromatic carbocycles. The van der Waals surface area contributed by atoms with Gasteiger partial charge >= 0.3 is 37.7 Å². The van der Waals surface area contributed by atoms with Gasteiger partial charge in [0.2, 0.25) is 0 Å². The third-order valence-electron chi connectivity index (χ3n) is 0.767. The van der Waals surface area contributed by atoms with Gasteiger partial charge in [-0.25, -0.2) is 16.8 Å². The molecule has 0 N–H and O–H groups in total. The summed E-state index contributed by atoms with van der Waals surface area (Å²) in [7, 11) is -8.75. The van der Waals surface area contributed by atoms with Crippen molar-refractivity contribution in [3.8, 4) is 0 Å². The van der Waals surface area contributed by atoms with Gasteiger partial charge in [-0.3, -0.25) is 0 Å². The molecule has 0 aliphatic rings. The van der Waals surface area contributed by atoms with Gasteiger partial charge in [-0.2, -0.15) is 0 Å². The van der Waals surface area contributed by atoms with Crippen molar-refractivity contribution in [1.29, 1.82) is 0 Å². The molecule has 0 bridgehead atoms. The molecule has 0 aliphatic carbocycles. The minimum atomic E-state index is -4.38. The molecular weight excluding hydrogens is 222 g/mol. The summed E-state index contributed by atoms with van der Waals surface area (Å²) in [6.07, 6.45) is 1.66. The second-order valence-electron chi connectivity index (χ2n) is 1.92. The normalized spacial score (nSPS) is 11.9. The summed E-state index contributed by atoms with van der Waals surface area (Å²) >= 11 is 0. The van der Waals surface area contributed by atoms with Crippen molar-refractivity contribution in [2.24, 2.45) is 0 Å². The van der Waals surface area contributed by atoms with E-state index in [0.717, 1.165) is 12.2 Å². The predicted molar refractivity (Wildman–Crippen MR) is 38.3 cm³/mol. The third-order valence-corrected chi connectivity index (χ3v) is 1.97. The van der Waals surface area contributed by atoms with Crippen LogP contribution in [0.5, 0.6) is 0 Å². The molecular formula is C4H6Li2O6S2.